The number of nitrogens with zero attached hydrogens (tertiary/aromatic N) is 2. The molecule has 100 valence electrons. The summed E-state index contributed by atoms with van der Waals surface area (Å²) < 4.78 is 1.27. The van der Waals surface area contributed by atoms with Crippen LogP contribution in [-0.2, 0) is 6.42 Å². The van der Waals surface area contributed by atoms with E-state index < -0.39 is 0 Å². The van der Waals surface area contributed by atoms with Gasteiger partial charge in [-0.15, -0.1) is 0 Å². The van der Waals surface area contributed by atoms with Crippen LogP contribution in [0.4, 0.5) is 5.82 Å². The summed E-state index contributed by atoms with van der Waals surface area (Å²) in [5, 5.41) is 3.49. The van der Waals surface area contributed by atoms with E-state index in [0.717, 1.165) is 29.2 Å². The van der Waals surface area contributed by atoms with Gasteiger partial charge in [0.1, 0.15) is 16.2 Å². The fourth-order valence-corrected chi connectivity index (χ4v) is 3.77. The predicted octanol–water partition coefficient (Wildman–Crippen LogP) is 3.89. The van der Waals surface area contributed by atoms with Gasteiger partial charge in [-0.05, 0) is 35.0 Å². The highest BCUT2D eigenvalue weighted by atomic mass is 79.9. The molecule has 2 rings (SSSR count). The average molecular weight is 330 g/mol. The summed E-state index contributed by atoms with van der Waals surface area (Å²) in [6, 6.07) is 1.96. The van der Waals surface area contributed by atoms with Crippen molar-refractivity contribution in [1.29, 1.82) is 0 Å². The van der Waals surface area contributed by atoms with Crippen LogP contribution >= 0.6 is 27.7 Å². The summed E-state index contributed by atoms with van der Waals surface area (Å²) in [6.07, 6.45) is 8.43. The quantitative estimate of drug-likeness (QED) is 0.831. The Morgan fingerprint density at radius 1 is 1.39 bits per heavy atom. The summed E-state index contributed by atoms with van der Waals surface area (Å²) >= 11 is 5.44. The number of nitrogens with one attached hydrogen (secondary N) is 1. The lowest BCUT2D eigenvalue weighted by molar-refractivity contribution is 0.638. The minimum Gasteiger partial charge on any atom is -0.369 e. The van der Waals surface area contributed by atoms with Crippen molar-refractivity contribution in [3.63, 3.8) is 0 Å². The zero-order chi connectivity index (χ0) is 13.0. The Morgan fingerprint density at radius 3 is 2.72 bits per heavy atom. The van der Waals surface area contributed by atoms with Crippen LogP contribution in [-0.4, -0.2) is 27.5 Å². The molecule has 0 unspecified atom stereocenters. The molecule has 0 aromatic carbocycles. The highest BCUT2D eigenvalue weighted by molar-refractivity contribution is 9.10. The summed E-state index contributed by atoms with van der Waals surface area (Å²) in [6.45, 7) is 3.08. The summed E-state index contributed by atoms with van der Waals surface area (Å²) in [4.78, 5) is 8.85. The highest BCUT2D eigenvalue weighted by Gasteiger charge is 2.32. The fourth-order valence-electron chi connectivity index (χ4n) is 2.44. The molecule has 0 spiro atoms. The van der Waals surface area contributed by atoms with Crippen LogP contribution in [0.1, 0.15) is 38.4 Å². The molecule has 1 fully saturated rings. The smallest absolute Gasteiger partial charge is 0.131 e. The third kappa shape index (κ3) is 3.38. The minimum atomic E-state index is 0.407. The molecular formula is C13H20BrN3S. The van der Waals surface area contributed by atoms with Crippen LogP contribution in [0, 0.1) is 0 Å². The maximum atomic E-state index is 4.52. The maximum Gasteiger partial charge on any atom is 0.131 e. The third-order valence-electron chi connectivity index (χ3n) is 3.60. The lowest BCUT2D eigenvalue weighted by atomic mass is 10.1. The summed E-state index contributed by atoms with van der Waals surface area (Å²) in [5.74, 6) is 1.82. The van der Waals surface area contributed by atoms with Crippen molar-refractivity contribution in [2.45, 2.75) is 43.8 Å². The Bertz CT molecular complexity index is 405. The molecule has 3 nitrogen and oxygen atoms in total. The van der Waals surface area contributed by atoms with Gasteiger partial charge in [-0.2, -0.15) is 11.8 Å². The van der Waals surface area contributed by atoms with Crippen molar-refractivity contribution < 1.29 is 0 Å². The molecule has 1 aromatic rings. The standard InChI is InChI=1S/C13H20BrN3S/c1-3-11-16-10(14)8-12(17-11)15-9-13(18-2)6-4-5-7-13/h8H,3-7,9H2,1-2H3,(H,15,16,17). The van der Waals surface area contributed by atoms with Crippen molar-refractivity contribution in [1.82, 2.24) is 9.97 Å². The Labute approximate surface area is 122 Å². The molecule has 0 radical (unpaired) electrons. The molecule has 0 aliphatic heterocycles. The molecule has 1 aliphatic carbocycles. The Kier molecular flexibility index (Phi) is 4.90. The first-order valence-corrected chi connectivity index (χ1v) is 8.52. The number of hydrogen-bond acceptors (Lipinski definition) is 4. The molecule has 1 aliphatic rings. The molecule has 18 heavy (non-hydrogen) atoms. The Morgan fingerprint density at radius 2 is 2.11 bits per heavy atom. The number of aromatic nitrogens is 2. The van der Waals surface area contributed by atoms with Gasteiger partial charge in [-0.3, -0.25) is 0 Å². The van der Waals surface area contributed by atoms with Gasteiger partial charge in [0.25, 0.3) is 0 Å². The van der Waals surface area contributed by atoms with Crippen molar-refractivity contribution in [2.75, 3.05) is 18.1 Å². The molecule has 1 heterocycles. The molecule has 0 atom stereocenters. The summed E-state index contributed by atoms with van der Waals surface area (Å²) in [7, 11) is 0. The molecule has 1 saturated carbocycles. The van der Waals surface area contributed by atoms with Crippen LogP contribution in [0.5, 0.6) is 0 Å². The third-order valence-corrected chi connectivity index (χ3v) is 5.42. The van der Waals surface area contributed by atoms with E-state index in [9.17, 15) is 0 Å². The second-order valence-corrected chi connectivity index (χ2v) is 6.88. The normalized spacial score (nSPS) is 17.9. The van der Waals surface area contributed by atoms with Crippen LogP contribution in [0.15, 0.2) is 10.7 Å². The van der Waals surface area contributed by atoms with Gasteiger partial charge in [-0.25, -0.2) is 9.97 Å². The fraction of sp³-hybridized carbons (Fsp3) is 0.692. The van der Waals surface area contributed by atoms with E-state index in [1.165, 1.54) is 25.7 Å². The zero-order valence-electron chi connectivity index (χ0n) is 11.0. The number of halogens is 1. The van der Waals surface area contributed by atoms with E-state index in [4.69, 9.17) is 0 Å². The van der Waals surface area contributed by atoms with Crippen molar-refractivity contribution in [3.05, 3.63) is 16.5 Å². The monoisotopic (exact) mass is 329 g/mol. The van der Waals surface area contributed by atoms with E-state index >= 15 is 0 Å². The van der Waals surface area contributed by atoms with Gasteiger partial charge in [0.15, 0.2) is 0 Å². The maximum absolute atomic E-state index is 4.52. The molecule has 5 heteroatoms. The molecule has 1 N–H and O–H groups in total. The largest absolute Gasteiger partial charge is 0.369 e. The van der Waals surface area contributed by atoms with Crippen LogP contribution in [0.2, 0.25) is 0 Å². The SMILES string of the molecule is CCc1nc(Br)cc(NCC2(SC)CCCC2)n1. The van der Waals surface area contributed by atoms with Crippen LogP contribution in [0.25, 0.3) is 0 Å². The molecule has 0 saturated heterocycles. The van der Waals surface area contributed by atoms with E-state index in [-0.39, 0.29) is 0 Å². The second-order valence-electron chi connectivity index (χ2n) is 4.79. The van der Waals surface area contributed by atoms with Gasteiger partial charge < -0.3 is 5.32 Å². The molecule has 0 amide bonds. The van der Waals surface area contributed by atoms with E-state index in [1.54, 1.807) is 0 Å². The molecule has 1 aromatic heterocycles. The predicted molar refractivity (Wildman–Crippen MR) is 82.3 cm³/mol. The number of anilines is 1. The average Bonchev–Trinajstić information content (AvgIpc) is 2.85. The first kappa shape index (κ1) is 14.1. The lowest BCUT2D eigenvalue weighted by Crippen LogP contribution is -2.30. The van der Waals surface area contributed by atoms with Gasteiger partial charge >= 0.3 is 0 Å². The molecule has 0 bridgehead atoms. The van der Waals surface area contributed by atoms with Crippen LogP contribution in [0.3, 0.4) is 0 Å². The lowest BCUT2D eigenvalue weighted by Gasteiger charge is -2.27. The number of hydrogen-bond donors (Lipinski definition) is 1. The van der Waals surface area contributed by atoms with E-state index in [0.29, 0.717) is 4.75 Å². The van der Waals surface area contributed by atoms with Gasteiger partial charge in [0, 0.05) is 23.8 Å². The Hall–Kier alpha value is -0.290. The van der Waals surface area contributed by atoms with Crippen molar-refractivity contribution >= 4 is 33.5 Å². The number of rotatable bonds is 5. The minimum absolute atomic E-state index is 0.407. The van der Waals surface area contributed by atoms with Gasteiger partial charge in [0.2, 0.25) is 0 Å². The highest BCUT2D eigenvalue weighted by Crippen LogP contribution is 2.40. The van der Waals surface area contributed by atoms with E-state index in [1.807, 2.05) is 17.8 Å². The molecular weight excluding hydrogens is 310 g/mol. The zero-order valence-corrected chi connectivity index (χ0v) is 13.4. The van der Waals surface area contributed by atoms with Crippen molar-refractivity contribution in [2.24, 2.45) is 0 Å². The number of aryl methyl sites for hydroxylation is 1. The van der Waals surface area contributed by atoms with Crippen molar-refractivity contribution in [3.8, 4) is 0 Å². The Balaban J connectivity index is 2.03. The van der Waals surface area contributed by atoms with Crippen LogP contribution < -0.4 is 5.32 Å². The van der Waals surface area contributed by atoms with Gasteiger partial charge in [0.05, 0.1) is 0 Å². The second kappa shape index (κ2) is 6.24. The first-order chi connectivity index (χ1) is 8.67. The number of thioether (sulfide) groups is 1. The topological polar surface area (TPSA) is 37.8 Å². The summed E-state index contributed by atoms with van der Waals surface area (Å²) in [5.41, 5.74) is 0. The van der Waals surface area contributed by atoms with Gasteiger partial charge in [-0.1, -0.05) is 19.8 Å². The van der Waals surface area contributed by atoms with E-state index in [2.05, 4.69) is 44.4 Å². The first-order valence-electron chi connectivity index (χ1n) is 6.50.